The molecular weight excluding hydrogens is 246 g/mol. The summed E-state index contributed by atoms with van der Waals surface area (Å²) in [6.45, 7) is 0.449. The average molecular weight is 257 g/mol. The summed E-state index contributed by atoms with van der Waals surface area (Å²) in [5, 5.41) is 2.01. The first-order chi connectivity index (χ1) is 8.93. The van der Waals surface area contributed by atoms with E-state index >= 15 is 0 Å². The number of H-pyrrole nitrogens is 1. The minimum Gasteiger partial charge on any atom is -0.487 e. The summed E-state index contributed by atoms with van der Waals surface area (Å²) in [6, 6.07) is 7.89. The number of rotatable bonds is 4. The van der Waals surface area contributed by atoms with Crippen LogP contribution < -0.4 is 4.74 Å². The van der Waals surface area contributed by atoms with E-state index < -0.39 is 0 Å². The highest BCUT2D eigenvalue weighted by Crippen LogP contribution is 2.29. The predicted molar refractivity (Wildman–Crippen MR) is 70.5 cm³/mol. The lowest BCUT2D eigenvalue weighted by molar-refractivity contribution is 0.303. The maximum atomic E-state index is 5.79. The van der Waals surface area contributed by atoms with E-state index in [0.29, 0.717) is 6.61 Å². The van der Waals surface area contributed by atoms with E-state index in [1.54, 1.807) is 17.7 Å². The summed E-state index contributed by atoms with van der Waals surface area (Å²) in [6.07, 6.45) is 3.47. The molecule has 0 atom stereocenters. The Kier molecular flexibility index (Phi) is 3.06. The van der Waals surface area contributed by atoms with Crippen LogP contribution in [0, 0.1) is 0 Å². The van der Waals surface area contributed by atoms with Gasteiger partial charge in [-0.1, -0.05) is 12.1 Å². The van der Waals surface area contributed by atoms with Crippen molar-refractivity contribution in [1.29, 1.82) is 0 Å². The SMILES string of the molecule is c1ccc(-c2cscn2)c(OCc2c[nH]cn2)c1. The topological polar surface area (TPSA) is 50.8 Å². The van der Waals surface area contributed by atoms with E-state index in [0.717, 1.165) is 22.7 Å². The highest BCUT2D eigenvalue weighted by atomic mass is 32.1. The molecule has 0 aliphatic rings. The maximum absolute atomic E-state index is 5.79. The Hall–Kier alpha value is -2.14. The maximum Gasteiger partial charge on any atom is 0.132 e. The van der Waals surface area contributed by atoms with Gasteiger partial charge in [0.25, 0.3) is 0 Å². The van der Waals surface area contributed by atoms with Gasteiger partial charge in [-0.15, -0.1) is 11.3 Å². The number of aromatic amines is 1. The van der Waals surface area contributed by atoms with E-state index in [-0.39, 0.29) is 0 Å². The molecule has 2 aromatic heterocycles. The van der Waals surface area contributed by atoms with Gasteiger partial charge in [0.2, 0.25) is 0 Å². The number of para-hydroxylation sites is 1. The first-order valence-corrected chi connectivity index (χ1v) is 6.46. The number of hydrogen-bond acceptors (Lipinski definition) is 4. The third-order valence-corrected chi connectivity index (χ3v) is 3.11. The highest BCUT2D eigenvalue weighted by Gasteiger charge is 2.07. The van der Waals surface area contributed by atoms with E-state index in [1.165, 1.54) is 0 Å². The van der Waals surface area contributed by atoms with Crippen LogP contribution >= 0.6 is 11.3 Å². The van der Waals surface area contributed by atoms with Crippen LogP contribution in [0.25, 0.3) is 11.3 Å². The Balaban J connectivity index is 1.84. The van der Waals surface area contributed by atoms with Crippen LogP contribution in [0.1, 0.15) is 5.69 Å². The number of benzene rings is 1. The molecule has 5 heteroatoms. The smallest absolute Gasteiger partial charge is 0.132 e. The zero-order chi connectivity index (χ0) is 12.2. The molecule has 0 aliphatic carbocycles. The lowest BCUT2D eigenvalue weighted by Crippen LogP contribution is -1.97. The van der Waals surface area contributed by atoms with Gasteiger partial charge >= 0.3 is 0 Å². The molecule has 0 amide bonds. The van der Waals surface area contributed by atoms with Crippen molar-refractivity contribution < 1.29 is 4.74 Å². The van der Waals surface area contributed by atoms with Crippen LogP contribution in [0.5, 0.6) is 5.75 Å². The molecular formula is C13H11N3OS. The van der Waals surface area contributed by atoms with Gasteiger partial charge < -0.3 is 9.72 Å². The first kappa shape index (κ1) is 11.0. The molecule has 0 saturated carbocycles. The molecule has 4 nitrogen and oxygen atoms in total. The van der Waals surface area contributed by atoms with Crippen molar-refractivity contribution in [1.82, 2.24) is 15.0 Å². The summed E-state index contributed by atoms with van der Waals surface area (Å²) in [7, 11) is 0. The summed E-state index contributed by atoms with van der Waals surface area (Å²) in [5.74, 6) is 0.825. The number of imidazole rings is 1. The van der Waals surface area contributed by atoms with Gasteiger partial charge in [-0.3, -0.25) is 0 Å². The van der Waals surface area contributed by atoms with Gasteiger partial charge in [-0.2, -0.15) is 0 Å². The van der Waals surface area contributed by atoms with Crippen molar-refractivity contribution in [3.05, 3.63) is 53.4 Å². The van der Waals surface area contributed by atoms with E-state index in [4.69, 9.17) is 4.74 Å². The zero-order valence-corrected chi connectivity index (χ0v) is 10.4. The molecule has 1 N–H and O–H groups in total. The van der Waals surface area contributed by atoms with E-state index in [2.05, 4.69) is 15.0 Å². The minimum absolute atomic E-state index is 0.449. The molecule has 0 fully saturated rings. The third kappa shape index (κ3) is 2.26. The Morgan fingerprint density at radius 1 is 1.22 bits per heavy atom. The highest BCUT2D eigenvalue weighted by molar-refractivity contribution is 7.07. The number of nitrogens with zero attached hydrogens (tertiary/aromatic N) is 2. The first-order valence-electron chi connectivity index (χ1n) is 5.51. The number of aromatic nitrogens is 3. The molecule has 18 heavy (non-hydrogen) atoms. The largest absolute Gasteiger partial charge is 0.487 e. The van der Waals surface area contributed by atoms with E-state index in [9.17, 15) is 0 Å². The monoisotopic (exact) mass is 257 g/mol. The Morgan fingerprint density at radius 2 is 2.17 bits per heavy atom. The molecule has 0 aliphatic heterocycles. The molecule has 0 radical (unpaired) electrons. The Morgan fingerprint density at radius 3 is 2.94 bits per heavy atom. The van der Waals surface area contributed by atoms with E-state index in [1.807, 2.05) is 41.4 Å². The second-order valence-corrected chi connectivity index (χ2v) is 4.44. The average Bonchev–Trinajstić information content (AvgIpc) is 3.10. The van der Waals surface area contributed by atoms with Crippen LogP contribution in [0.2, 0.25) is 0 Å². The molecule has 0 unspecified atom stereocenters. The fraction of sp³-hybridized carbons (Fsp3) is 0.0769. The standard InChI is InChI=1S/C13H11N3OS/c1-2-4-13(17-6-10-5-14-8-15-10)11(3-1)12-7-18-9-16-12/h1-5,7-9H,6H2,(H,14,15). The molecule has 90 valence electrons. The number of nitrogens with one attached hydrogen (secondary N) is 1. The van der Waals surface area contributed by atoms with Gasteiger partial charge in [0.1, 0.15) is 12.4 Å². The lowest BCUT2D eigenvalue weighted by Gasteiger charge is -2.08. The van der Waals surface area contributed by atoms with Crippen LogP contribution in [-0.4, -0.2) is 15.0 Å². The Bertz CT molecular complexity index is 605. The summed E-state index contributed by atoms with van der Waals surface area (Å²) in [4.78, 5) is 11.3. The molecule has 0 spiro atoms. The van der Waals surface area contributed by atoms with Crippen molar-refractivity contribution in [2.24, 2.45) is 0 Å². The molecule has 3 rings (SSSR count). The molecule has 2 heterocycles. The Labute approximate surface area is 108 Å². The normalized spacial score (nSPS) is 10.4. The van der Waals surface area contributed by atoms with Crippen molar-refractivity contribution in [3.8, 4) is 17.0 Å². The van der Waals surface area contributed by atoms with Crippen LogP contribution in [0.4, 0.5) is 0 Å². The quantitative estimate of drug-likeness (QED) is 0.781. The minimum atomic E-state index is 0.449. The summed E-state index contributed by atoms with van der Waals surface area (Å²) >= 11 is 1.57. The van der Waals surface area contributed by atoms with Crippen LogP contribution in [0.15, 0.2) is 47.7 Å². The van der Waals surface area contributed by atoms with Gasteiger partial charge in [0, 0.05) is 17.1 Å². The molecule has 0 saturated heterocycles. The molecule has 1 aromatic carbocycles. The number of hydrogen-bond donors (Lipinski definition) is 1. The van der Waals surface area contributed by atoms with Gasteiger partial charge in [-0.25, -0.2) is 9.97 Å². The zero-order valence-electron chi connectivity index (χ0n) is 9.54. The van der Waals surface area contributed by atoms with Crippen molar-refractivity contribution in [2.75, 3.05) is 0 Å². The lowest BCUT2D eigenvalue weighted by atomic mass is 10.1. The van der Waals surface area contributed by atoms with Crippen LogP contribution in [0.3, 0.4) is 0 Å². The van der Waals surface area contributed by atoms with Gasteiger partial charge in [0.15, 0.2) is 0 Å². The predicted octanol–water partition coefficient (Wildman–Crippen LogP) is 3.11. The van der Waals surface area contributed by atoms with Crippen LogP contribution in [-0.2, 0) is 6.61 Å². The third-order valence-electron chi connectivity index (χ3n) is 2.53. The molecule has 0 bridgehead atoms. The fourth-order valence-corrected chi connectivity index (χ4v) is 2.22. The van der Waals surface area contributed by atoms with Crippen molar-refractivity contribution in [3.63, 3.8) is 0 Å². The number of thiazole rings is 1. The van der Waals surface area contributed by atoms with Crippen molar-refractivity contribution >= 4 is 11.3 Å². The summed E-state index contributed by atoms with van der Waals surface area (Å²) < 4.78 is 5.79. The fourth-order valence-electron chi connectivity index (χ4n) is 1.67. The second kappa shape index (κ2) is 5.01. The number of ether oxygens (including phenoxy) is 1. The van der Waals surface area contributed by atoms with Gasteiger partial charge in [-0.05, 0) is 12.1 Å². The van der Waals surface area contributed by atoms with Crippen molar-refractivity contribution in [2.45, 2.75) is 6.61 Å². The summed E-state index contributed by atoms with van der Waals surface area (Å²) in [5.41, 5.74) is 4.65. The van der Waals surface area contributed by atoms with Gasteiger partial charge in [0.05, 0.1) is 23.2 Å². The second-order valence-electron chi connectivity index (χ2n) is 3.72. The molecule has 3 aromatic rings.